The summed E-state index contributed by atoms with van der Waals surface area (Å²) in [5, 5.41) is 0. The molecule has 0 aromatic heterocycles. The van der Waals surface area contributed by atoms with Gasteiger partial charge in [-0.2, -0.15) is 0 Å². The Morgan fingerprint density at radius 2 is 0.643 bits per heavy atom. The summed E-state index contributed by atoms with van der Waals surface area (Å²) in [6, 6.07) is 0. The molecule has 14 heteroatoms. The molecule has 0 fully saturated rings. The molecule has 6 N–H and O–H groups in total. The van der Waals surface area contributed by atoms with E-state index in [0.29, 0.717) is 0 Å². The normalized spacial score (nSPS) is 8.43. The van der Waals surface area contributed by atoms with Crippen LogP contribution in [0.1, 0.15) is 8.56 Å². The van der Waals surface area contributed by atoms with E-state index in [1.165, 1.54) is 0 Å². The third-order valence-corrected chi connectivity index (χ3v) is 0. The van der Waals surface area contributed by atoms with Crippen LogP contribution in [0.25, 0.3) is 0 Å². The van der Waals surface area contributed by atoms with Gasteiger partial charge in [-0.1, -0.05) is 0 Å². The van der Waals surface area contributed by atoms with E-state index in [2.05, 4.69) is 0 Å². The standard InChI is InChI=1S/3Mg.2H3O4P.Zn.6H/c;;;2*1-5(2,3)4;;;;;;;/h;;;2*(H3,1,2,3,4);;;;;;;/q3*+2;;;;6*-1. The van der Waals surface area contributed by atoms with Gasteiger partial charge >= 0.3 is 84.8 Å². The number of rotatable bonds is 0. The average Bonchev–Trinajstić information content (AvgIpc) is 1.12. The zero-order valence-corrected chi connectivity index (χ0v) is 16.2. The maximum absolute atomic E-state index is 8.88. The fourth-order valence-corrected chi connectivity index (χ4v) is 0. The van der Waals surface area contributed by atoms with Crippen molar-refractivity contribution in [3.63, 3.8) is 0 Å². The number of hydrogen-bond donors (Lipinski definition) is 6. The Kier molecular flexibility index (Phi) is 41.5. The summed E-state index contributed by atoms with van der Waals surface area (Å²) in [6.07, 6.45) is 0. The van der Waals surface area contributed by atoms with Gasteiger partial charge in [-0.25, -0.2) is 9.13 Å². The molecule has 0 atom stereocenters. The van der Waals surface area contributed by atoms with E-state index in [4.69, 9.17) is 38.5 Å². The van der Waals surface area contributed by atoms with Gasteiger partial charge in [0.1, 0.15) is 0 Å². The molecular weight excluding hydrogens is 328 g/mol. The van der Waals surface area contributed by atoms with Gasteiger partial charge in [0, 0.05) is 19.5 Å². The van der Waals surface area contributed by atoms with Crippen LogP contribution < -0.4 is 0 Å². The average molecular weight is 340 g/mol. The first kappa shape index (κ1) is 36.0. The molecule has 78 valence electrons. The molecule has 8 nitrogen and oxygen atoms in total. The molecule has 0 aliphatic heterocycles. The SMILES string of the molecule is O=P(O)(O)O.O=P(O)(O)O.[H-].[H-].[H-].[H-].[H-].[H-].[Mg+2].[Mg+2].[Mg+2].[Zn]. The first-order chi connectivity index (χ1) is 4.00. The summed E-state index contributed by atoms with van der Waals surface area (Å²) in [5.41, 5.74) is 0. The zero-order chi connectivity index (χ0) is 9.00. The van der Waals surface area contributed by atoms with Gasteiger partial charge in [0.15, 0.2) is 0 Å². The van der Waals surface area contributed by atoms with Crippen LogP contribution in [0.2, 0.25) is 0 Å². The third-order valence-electron chi connectivity index (χ3n) is 0. The Bertz CT molecular complexity index is 153. The van der Waals surface area contributed by atoms with E-state index in [9.17, 15) is 0 Å². The van der Waals surface area contributed by atoms with Gasteiger partial charge in [0.05, 0.1) is 0 Å². The quantitative estimate of drug-likeness (QED) is 0.212. The number of hydrogen-bond acceptors (Lipinski definition) is 2. The first-order valence-electron chi connectivity index (χ1n) is 1.57. The topological polar surface area (TPSA) is 156 Å². The van der Waals surface area contributed by atoms with Crippen LogP contribution in [0.3, 0.4) is 0 Å². The van der Waals surface area contributed by atoms with Gasteiger partial charge in [-0.05, 0) is 0 Å². The maximum Gasteiger partial charge on any atom is 2.00 e. The molecule has 0 amide bonds. The van der Waals surface area contributed by atoms with E-state index in [1.54, 1.807) is 0 Å². The van der Waals surface area contributed by atoms with E-state index in [-0.39, 0.29) is 97.2 Å². The summed E-state index contributed by atoms with van der Waals surface area (Å²) in [7, 11) is -9.28. The first-order valence-corrected chi connectivity index (χ1v) is 4.70. The van der Waals surface area contributed by atoms with E-state index >= 15 is 0 Å². The van der Waals surface area contributed by atoms with E-state index in [1.807, 2.05) is 0 Å². The van der Waals surface area contributed by atoms with Gasteiger partial charge in [-0.3, -0.25) is 0 Å². The van der Waals surface area contributed by atoms with Crippen LogP contribution in [-0.2, 0) is 28.6 Å². The second-order valence-electron chi connectivity index (χ2n) is 1.03. The summed E-state index contributed by atoms with van der Waals surface area (Å²) in [4.78, 5) is 43.1. The fraction of sp³-hybridized carbons (Fsp3) is 0. The molecule has 0 heterocycles. The minimum absolute atomic E-state index is 0. The molecule has 0 aromatic rings. The molecule has 0 aromatic carbocycles. The van der Waals surface area contributed by atoms with Crippen molar-refractivity contribution < 1.29 is 66.5 Å². The smallest absolute Gasteiger partial charge is 1.00 e. The molecule has 14 heavy (non-hydrogen) atoms. The molecule has 0 rings (SSSR count). The number of phosphoric acid groups is 2. The molecule has 0 unspecified atom stereocenters. The molecular formula is H12Mg3O8P2Zn. The van der Waals surface area contributed by atoms with Crippen molar-refractivity contribution >= 4 is 84.8 Å². The van der Waals surface area contributed by atoms with Crippen LogP contribution >= 0.6 is 15.6 Å². The van der Waals surface area contributed by atoms with Crippen molar-refractivity contribution in [1.82, 2.24) is 0 Å². The third kappa shape index (κ3) is 307. The molecule has 0 aliphatic rings. The molecule has 0 saturated heterocycles. The van der Waals surface area contributed by atoms with Crippen molar-refractivity contribution in [1.29, 1.82) is 0 Å². The predicted molar refractivity (Wildman–Crippen MR) is 52.5 cm³/mol. The van der Waals surface area contributed by atoms with Gasteiger partial charge in [0.25, 0.3) is 0 Å². The zero-order valence-electron chi connectivity index (χ0n) is 13.2. The summed E-state index contributed by atoms with van der Waals surface area (Å²) >= 11 is 0. The second-order valence-corrected chi connectivity index (χ2v) is 3.08. The predicted octanol–water partition coefficient (Wildman–Crippen LogP) is -2.33. The minimum atomic E-state index is -4.64. The Balaban J connectivity index is -0.00000000427. The molecule has 0 radical (unpaired) electrons. The van der Waals surface area contributed by atoms with Gasteiger partial charge < -0.3 is 37.9 Å². The van der Waals surface area contributed by atoms with Crippen LogP contribution in [0, 0.1) is 0 Å². The second kappa shape index (κ2) is 16.1. The Hall–Kier alpha value is 3.14. The largest absolute Gasteiger partial charge is 2.00 e. The Morgan fingerprint density at radius 1 is 0.643 bits per heavy atom. The maximum atomic E-state index is 8.88. The monoisotopic (exact) mass is 338 g/mol. The van der Waals surface area contributed by atoms with Crippen molar-refractivity contribution in [2.24, 2.45) is 0 Å². The van der Waals surface area contributed by atoms with E-state index in [0.717, 1.165) is 0 Å². The van der Waals surface area contributed by atoms with Crippen LogP contribution in [0.4, 0.5) is 0 Å². The van der Waals surface area contributed by atoms with Crippen LogP contribution in [0.15, 0.2) is 0 Å². The minimum Gasteiger partial charge on any atom is -1.00 e. The van der Waals surface area contributed by atoms with Crippen LogP contribution in [-0.4, -0.2) is 98.5 Å². The Morgan fingerprint density at radius 3 is 0.643 bits per heavy atom. The molecule has 0 saturated carbocycles. The summed E-state index contributed by atoms with van der Waals surface area (Å²) in [6.45, 7) is 0. The molecule has 0 spiro atoms. The van der Waals surface area contributed by atoms with Crippen molar-refractivity contribution in [3.05, 3.63) is 0 Å². The molecule has 0 aliphatic carbocycles. The fourth-order valence-electron chi connectivity index (χ4n) is 0. The van der Waals surface area contributed by atoms with Crippen molar-refractivity contribution in [2.75, 3.05) is 0 Å². The van der Waals surface area contributed by atoms with Crippen molar-refractivity contribution in [2.45, 2.75) is 0 Å². The summed E-state index contributed by atoms with van der Waals surface area (Å²) < 4.78 is 17.8. The summed E-state index contributed by atoms with van der Waals surface area (Å²) in [5.74, 6) is 0. The van der Waals surface area contributed by atoms with E-state index < -0.39 is 15.6 Å². The van der Waals surface area contributed by atoms with Gasteiger partial charge in [0.2, 0.25) is 0 Å². The van der Waals surface area contributed by atoms with Crippen LogP contribution in [0.5, 0.6) is 0 Å². The van der Waals surface area contributed by atoms with Crippen molar-refractivity contribution in [3.8, 4) is 0 Å². The Labute approximate surface area is 150 Å². The molecule has 0 bridgehead atoms. The van der Waals surface area contributed by atoms with Gasteiger partial charge in [-0.15, -0.1) is 0 Å².